The summed E-state index contributed by atoms with van der Waals surface area (Å²) in [6.45, 7) is 2.32. The lowest BCUT2D eigenvalue weighted by Gasteiger charge is -2.29. The quantitative estimate of drug-likeness (QED) is 0.242. The molecular weight excluding hydrogens is 450 g/mol. The largest absolute Gasteiger partial charge is 0.493 e. The molecule has 4 aromatic rings. The molecule has 0 N–H and O–H groups in total. The Morgan fingerprint density at radius 1 is 0.750 bits per heavy atom. The van der Waals surface area contributed by atoms with Crippen molar-refractivity contribution in [2.45, 2.75) is 13.5 Å². The van der Waals surface area contributed by atoms with Crippen molar-refractivity contribution < 1.29 is 19.1 Å². The lowest BCUT2D eigenvalue weighted by Crippen LogP contribution is -2.41. The van der Waals surface area contributed by atoms with Crippen molar-refractivity contribution in [2.75, 3.05) is 12.0 Å². The molecule has 0 bridgehead atoms. The number of hydrogen-bond donors (Lipinski definition) is 0. The van der Waals surface area contributed by atoms with Gasteiger partial charge in [0.05, 0.1) is 12.8 Å². The van der Waals surface area contributed by atoms with E-state index in [9.17, 15) is 9.59 Å². The van der Waals surface area contributed by atoms with Crippen molar-refractivity contribution >= 4 is 29.2 Å². The molecule has 36 heavy (non-hydrogen) atoms. The predicted molar refractivity (Wildman–Crippen MR) is 141 cm³/mol. The smallest absolute Gasteiger partial charge is 0.265 e. The molecule has 0 saturated heterocycles. The Labute approximate surface area is 210 Å². The van der Waals surface area contributed by atoms with Crippen LogP contribution in [-0.4, -0.2) is 18.9 Å². The second-order valence-corrected chi connectivity index (χ2v) is 8.57. The Bertz CT molecular complexity index is 1470. The summed E-state index contributed by atoms with van der Waals surface area (Å²) >= 11 is 0. The molecule has 0 aromatic heterocycles. The summed E-state index contributed by atoms with van der Waals surface area (Å²) < 4.78 is 11.5. The summed E-state index contributed by atoms with van der Waals surface area (Å²) in [5.74, 6) is 0.464. The molecule has 1 aliphatic rings. The summed E-state index contributed by atoms with van der Waals surface area (Å²) in [5.41, 5.74) is 4.84. The lowest BCUT2D eigenvalue weighted by atomic mass is 9.91. The van der Waals surface area contributed by atoms with Crippen molar-refractivity contribution in [3.05, 3.63) is 125 Å². The van der Waals surface area contributed by atoms with E-state index >= 15 is 0 Å². The highest BCUT2D eigenvalue weighted by atomic mass is 16.5. The van der Waals surface area contributed by atoms with Crippen LogP contribution < -0.4 is 14.4 Å². The molecular formula is C31H25NO4. The van der Waals surface area contributed by atoms with E-state index in [0.29, 0.717) is 40.5 Å². The zero-order valence-electron chi connectivity index (χ0n) is 20.1. The fourth-order valence-electron chi connectivity index (χ4n) is 4.29. The van der Waals surface area contributed by atoms with E-state index in [1.54, 1.807) is 31.4 Å². The van der Waals surface area contributed by atoms with Crippen molar-refractivity contribution in [1.82, 2.24) is 0 Å². The maximum absolute atomic E-state index is 13.7. The maximum Gasteiger partial charge on any atom is 0.265 e. The van der Waals surface area contributed by atoms with E-state index in [2.05, 4.69) is 0 Å². The van der Waals surface area contributed by atoms with Crippen LogP contribution in [0.15, 0.2) is 97.1 Å². The second kappa shape index (κ2) is 9.92. The average Bonchev–Trinajstić information content (AvgIpc) is 2.91. The van der Waals surface area contributed by atoms with E-state index < -0.39 is 0 Å². The minimum atomic E-state index is -0.369. The molecule has 5 rings (SSSR count). The van der Waals surface area contributed by atoms with Crippen LogP contribution >= 0.6 is 0 Å². The highest BCUT2D eigenvalue weighted by Gasteiger charge is 2.35. The van der Waals surface area contributed by atoms with E-state index in [1.165, 1.54) is 4.90 Å². The summed E-state index contributed by atoms with van der Waals surface area (Å²) in [4.78, 5) is 28.3. The molecule has 0 fully saturated rings. The van der Waals surface area contributed by atoms with Crippen LogP contribution in [0.1, 0.15) is 32.6 Å². The number of amides is 2. The van der Waals surface area contributed by atoms with Crippen LogP contribution in [0.2, 0.25) is 0 Å². The first-order valence-corrected chi connectivity index (χ1v) is 11.7. The Morgan fingerprint density at radius 2 is 1.50 bits per heavy atom. The topological polar surface area (TPSA) is 55.8 Å². The third-order valence-corrected chi connectivity index (χ3v) is 6.08. The molecule has 5 nitrogen and oxygen atoms in total. The first-order valence-electron chi connectivity index (χ1n) is 11.7. The molecule has 5 heteroatoms. The fraction of sp³-hybridized carbons (Fsp3) is 0.0968. The third-order valence-electron chi connectivity index (χ3n) is 6.08. The van der Waals surface area contributed by atoms with Gasteiger partial charge in [0, 0.05) is 11.1 Å². The van der Waals surface area contributed by atoms with Crippen molar-refractivity contribution in [3.8, 4) is 11.5 Å². The molecule has 1 aliphatic heterocycles. The fourth-order valence-corrected chi connectivity index (χ4v) is 4.29. The summed E-state index contributed by atoms with van der Waals surface area (Å²) in [5, 5.41) is 0. The van der Waals surface area contributed by atoms with Gasteiger partial charge in [-0.25, -0.2) is 4.90 Å². The molecule has 0 spiro atoms. The number of carbonyl (C=O) groups is 2. The lowest BCUT2D eigenvalue weighted by molar-refractivity contribution is -0.112. The summed E-state index contributed by atoms with van der Waals surface area (Å²) in [6, 6.07) is 30.0. The minimum absolute atomic E-state index is 0.333. The van der Waals surface area contributed by atoms with Gasteiger partial charge in [-0.3, -0.25) is 9.59 Å². The average molecular weight is 476 g/mol. The molecule has 0 unspecified atom stereocenters. The van der Waals surface area contributed by atoms with E-state index in [0.717, 1.165) is 16.7 Å². The SMILES string of the molecule is COc1ccc(/C=C2\C(=O)N(c3cccc(C)c3)C(=O)c3ccccc32)cc1OCc1ccccc1. The van der Waals surface area contributed by atoms with Gasteiger partial charge in [-0.2, -0.15) is 0 Å². The number of fused-ring (bicyclic) bond motifs is 1. The number of imide groups is 1. The van der Waals surface area contributed by atoms with Gasteiger partial charge < -0.3 is 9.47 Å². The Balaban J connectivity index is 1.56. The number of methoxy groups -OCH3 is 1. The monoisotopic (exact) mass is 475 g/mol. The van der Waals surface area contributed by atoms with Gasteiger partial charge >= 0.3 is 0 Å². The van der Waals surface area contributed by atoms with E-state index in [4.69, 9.17) is 9.47 Å². The maximum atomic E-state index is 13.7. The highest BCUT2D eigenvalue weighted by molar-refractivity contribution is 6.43. The van der Waals surface area contributed by atoms with Gasteiger partial charge in [-0.1, -0.05) is 66.7 Å². The Kier molecular flexibility index (Phi) is 6.37. The number of ether oxygens (including phenoxy) is 2. The first kappa shape index (κ1) is 23.1. The van der Waals surface area contributed by atoms with Crippen LogP contribution in [0.25, 0.3) is 11.6 Å². The van der Waals surface area contributed by atoms with Gasteiger partial charge in [0.1, 0.15) is 6.61 Å². The standard InChI is InChI=1S/C31H25NO4/c1-21-9-8-12-24(17-21)32-30(33)26-14-7-6-13-25(26)27(31(32)34)18-23-15-16-28(35-2)29(19-23)36-20-22-10-4-3-5-11-22/h3-19H,20H2,1-2H3/b27-18-. The van der Waals surface area contributed by atoms with Crippen molar-refractivity contribution in [1.29, 1.82) is 0 Å². The van der Waals surface area contributed by atoms with Crippen molar-refractivity contribution in [3.63, 3.8) is 0 Å². The molecule has 0 saturated carbocycles. The van der Waals surface area contributed by atoms with Gasteiger partial charge in [0.25, 0.3) is 11.8 Å². The molecule has 4 aromatic carbocycles. The molecule has 0 radical (unpaired) electrons. The van der Waals surface area contributed by atoms with E-state index in [-0.39, 0.29) is 11.8 Å². The van der Waals surface area contributed by atoms with Gasteiger partial charge in [-0.05, 0) is 65.6 Å². The number of hydrogen-bond acceptors (Lipinski definition) is 4. The summed E-state index contributed by atoms with van der Waals surface area (Å²) in [6.07, 6.45) is 1.80. The molecule has 178 valence electrons. The van der Waals surface area contributed by atoms with Gasteiger partial charge in [0.2, 0.25) is 0 Å². The zero-order valence-corrected chi connectivity index (χ0v) is 20.1. The molecule has 1 heterocycles. The number of carbonyl (C=O) groups excluding carboxylic acids is 2. The number of aryl methyl sites for hydroxylation is 1. The minimum Gasteiger partial charge on any atom is -0.493 e. The number of nitrogens with zero attached hydrogens (tertiary/aromatic N) is 1. The predicted octanol–water partition coefficient (Wildman–Crippen LogP) is 6.31. The van der Waals surface area contributed by atoms with Crippen LogP contribution in [0.5, 0.6) is 11.5 Å². The van der Waals surface area contributed by atoms with Gasteiger partial charge in [0.15, 0.2) is 11.5 Å². The molecule has 0 aliphatic carbocycles. The first-order chi connectivity index (χ1) is 17.5. The molecule has 2 amide bonds. The zero-order chi connectivity index (χ0) is 25.1. The normalized spacial score (nSPS) is 14.1. The highest BCUT2D eigenvalue weighted by Crippen LogP contribution is 2.35. The van der Waals surface area contributed by atoms with Crippen LogP contribution in [0.3, 0.4) is 0 Å². The van der Waals surface area contributed by atoms with E-state index in [1.807, 2.05) is 85.8 Å². The Morgan fingerprint density at radius 3 is 2.25 bits per heavy atom. The second-order valence-electron chi connectivity index (χ2n) is 8.57. The third kappa shape index (κ3) is 4.51. The summed E-state index contributed by atoms with van der Waals surface area (Å²) in [7, 11) is 1.59. The number of anilines is 1. The number of rotatable bonds is 6. The van der Waals surface area contributed by atoms with Gasteiger partial charge in [-0.15, -0.1) is 0 Å². The van der Waals surface area contributed by atoms with Crippen molar-refractivity contribution in [2.24, 2.45) is 0 Å². The van der Waals surface area contributed by atoms with Crippen LogP contribution in [0.4, 0.5) is 5.69 Å². The Hall–Kier alpha value is -4.64. The molecule has 0 atom stereocenters. The van der Waals surface area contributed by atoms with Crippen LogP contribution in [0, 0.1) is 6.92 Å². The van der Waals surface area contributed by atoms with Crippen LogP contribution in [-0.2, 0) is 11.4 Å². The number of benzene rings is 4.